The minimum Gasteiger partial charge on any atom is -0.0842 e. The monoisotopic (exact) mass is 180 g/mol. The molecule has 0 aliphatic carbocycles. The van der Waals surface area contributed by atoms with Crippen molar-refractivity contribution in [3.05, 3.63) is 23.3 Å². The smallest absolute Gasteiger partial charge is 0.0133 e. The molecule has 0 heterocycles. The van der Waals surface area contributed by atoms with Crippen LogP contribution in [-0.4, -0.2) is 0 Å². The first-order valence-corrected chi connectivity index (χ1v) is 5.29. The van der Waals surface area contributed by atoms with Gasteiger partial charge in [-0.15, -0.1) is 0 Å². The van der Waals surface area contributed by atoms with Crippen LogP contribution in [0.25, 0.3) is 0 Å². The molecule has 0 aliphatic heterocycles. The van der Waals surface area contributed by atoms with Crippen molar-refractivity contribution >= 4 is 0 Å². The summed E-state index contributed by atoms with van der Waals surface area (Å²) in [5.74, 6) is 0. The highest BCUT2D eigenvalue weighted by atomic mass is 14.2. The van der Waals surface area contributed by atoms with Gasteiger partial charge >= 0.3 is 0 Å². The second kappa shape index (κ2) is 5.26. The molecule has 0 unspecified atom stereocenters. The van der Waals surface area contributed by atoms with Crippen molar-refractivity contribution in [3.63, 3.8) is 0 Å². The molecule has 13 heavy (non-hydrogen) atoms. The van der Waals surface area contributed by atoms with Gasteiger partial charge in [-0.2, -0.15) is 0 Å². The van der Waals surface area contributed by atoms with E-state index in [4.69, 9.17) is 0 Å². The van der Waals surface area contributed by atoms with Crippen LogP contribution in [0.3, 0.4) is 0 Å². The second-order valence-corrected chi connectivity index (χ2v) is 4.52. The Morgan fingerprint density at radius 2 is 1.62 bits per heavy atom. The fourth-order valence-electron chi connectivity index (χ4n) is 1.80. The highest BCUT2D eigenvalue weighted by molar-refractivity contribution is 5.34. The third-order valence-corrected chi connectivity index (χ3v) is 2.31. The van der Waals surface area contributed by atoms with E-state index in [1.165, 1.54) is 24.0 Å². The summed E-state index contributed by atoms with van der Waals surface area (Å²) < 4.78 is 0. The van der Waals surface area contributed by atoms with E-state index in [0.717, 1.165) is 0 Å². The van der Waals surface area contributed by atoms with E-state index in [2.05, 4.69) is 53.7 Å². The summed E-state index contributed by atoms with van der Waals surface area (Å²) in [6.07, 6.45) is 6.94. The molecule has 0 aliphatic rings. The van der Waals surface area contributed by atoms with Gasteiger partial charge in [0.15, 0.2) is 0 Å². The molecule has 0 heteroatoms. The Morgan fingerprint density at radius 1 is 1.08 bits per heavy atom. The summed E-state index contributed by atoms with van der Waals surface area (Å²) in [5, 5.41) is 0. The molecule has 0 saturated heterocycles. The predicted molar refractivity (Wildman–Crippen MR) is 61.9 cm³/mol. The molecular formula is C13H24. The molecule has 0 fully saturated rings. The van der Waals surface area contributed by atoms with E-state index < -0.39 is 0 Å². The normalized spacial score (nSPS) is 14.9. The molecule has 0 spiro atoms. The molecule has 0 radical (unpaired) electrons. The minimum atomic E-state index is 0.283. The first-order valence-electron chi connectivity index (χ1n) is 5.29. The van der Waals surface area contributed by atoms with Gasteiger partial charge in [-0.05, 0) is 36.8 Å². The highest BCUT2D eigenvalue weighted by Crippen LogP contribution is 2.33. The van der Waals surface area contributed by atoms with Gasteiger partial charge in [-0.1, -0.05) is 46.3 Å². The maximum Gasteiger partial charge on any atom is -0.0133 e. The van der Waals surface area contributed by atoms with E-state index in [9.17, 15) is 0 Å². The zero-order chi connectivity index (χ0) is 10.5. The van der Waals surface area contributed by atoms with E-state index >= 15 is 0 Å². The number of hydrogen-bond donors (Lipinski definition) is 0. The first-order chi connectivity index (χ1) is 5.97. The average molecular weight is 180 g/mol. The molecule has 0 saturated carbocycles. The van der Waals surface area contributed by atoms with Gasteiger partial charge in [0.1, 0.15) is 0 Å². The summed E-state index contributed by atoms with van der Waals surface area (Å²) in [5.41, 5.74) is 3.29. The zero-order valence-corrected chi connectivity index (χ0v) is 10.1. The molecule has 0 rings (SSSR count). The molecule has 0 aromatic carbocycles. The van der Waals surface area contributed by atoms with Crippen LogP contribution in [0.4, 0.5) is 0 Å². The lowest BCUT2D eigenvalue weighted by molar-refractivity contribution is 0.504. The van der Waals surface area contributed by atoms with Crippen LogP contribution in [0.2, 0.25) is 0 Å². The van der Waals surface area contributed by atoms with E-state index in [1.807, 2.05) is 0 Å². The van der Waals surface area contributed by atoms with Crippen molar-refractivity contribution < 1.29 is 0 Å². The van der Waals surface area contributed by atoms with Gasteiger partial charge in [-0.25, -0.2) is 0 Å². The fraction of sp³-hybridized carbons (Fsp3) is 0.692. The van der Waals surface area contributed by atoms with Crippen molar-refractivity contribution in [2.45, 2.75) is 54.4 Å². The van der Waals surface area contributed by atoms with Crippen molar-refractivity contribution in [2.75, 3.05) is 0 Å². The molecule has 0 N–H and O–H groups in total. The fourth-order valence-corrected chi connectivity index (χ4v) is 1.80. The Balaban J connectivity index is 4.78. The Kier molecular flexibility index (Phi) is 5.05. The van der Waals surface area contributed by atoms with Gasteiger partial charge < -0.3 is 0 Å². The molecule has 0 bridgehead atoms. The SMILES string of the molecule is C/C=C(CCC)\C(=C/C)C(C)(C)C. The van der Waals surface area contributed by atoms with Crippen molar-refractivity contribution in [1.29, 1.82) is 0 Å². The maximum atomic E-state index is 2.28. The molecule has 0 nitrogen and oxygen atoms in total. The zero-order valence-electron chi connectivity index (χ0n) is 10.1. The molecule has 0 aromatic heterocycles. The lowest BCUT2D eigenvalue weighted by atomic mass is 9.80. The van der Waals surface area contributed by atoms with Crippen LogP contribution in [0, 0.1) is 5.41 Å². The van der Waals surface area contributed by atoms with Crippen LogP contribution in [0.5, 0.6) is 0 Å². The van der Waals surface area contributed by atoms with Gasteiger partial charge in [-0.3, -0.25) is 0 Å². The van der Waals surface area contributed by atoms with Crippen LogP contribution >= 0.6 is 0 Å². The summed E-state index contributed by atoms with van der Waals surface area (Å²) in [6, 6.07) is 0. The topological polar surface area (TPSA) is 0 Å². The number of rotatable bonds is 3. The van der Waals surface area contributed by atoms with Crippen LogP contribution in [0.1, 0.15) is 54.4 Å². The summed E-state index contributed by atoms with van der Waals surface area (Å²) in [7, 11) is 0. The van der Waals surface area contributed by atoms with Crippen LogP contribution in [0.15, 0.2) is 23.3 Å². The van der Waals surface area contributed by atoms with E-state index in [1.54, 1.807) is 0 Å². The summed E-state index contributed by atoms with van der Waals surface area (Å²) in [4.78, 5) is 0. The van der Waals surface area contributed by atoms with Crippen molar-refractivity contribution in [2.24, 2.45) is 5.41 Å². The van der Waals surface area contributed by atoms with E-state index in [-0.39, 0.29) is 5.41 Å². The first kappa shape index (κ1) is 12.5. The lowest BCUT2D eigenvalue weighted by Gasteiger charge is -2.25. The Morgan fingerprint density at radius 3 is 1.85 bits per heavy atom. The maximum absolute atomic E-state index is 2.28. The number of allylic oxidation sites excluding steroid dienone is 4. The van der Waals surface area contributed by atoms with Gasteiger partial charge in [0.05, 0.1) is 0 Å². The number of hydrogen-bond acceptors (Lipinski definition) is 0. The quantitative estimate of drug-likeness (QED) is 0.551. The average Bonchev–Trinajstić information content (AvgIpc) is 2.01. The predicted octanol–water partition coefficient (Wildman–Crippen LogP) is 4.73. The minimum absolute atomic E-state index is 0.283. The second-order valence-electron chi connectivity index (χ2n) is 4.52. The van der Waals surface area contributed by atoms with Gasteiger partial charge in [0.2, 0.25) is 0 Å². The standard InChI is InChI=1S/C13H24/c1-7-10-11(8-2)12(9-3)13(4,5)6/h8-9H,7,10H2,1-6H3/b11-8-,12-9+. The molecular weight excluding hydrogens is 156 g/mol. The Hall–Kier alpha value is -0.520. The Bertz CT molecular complexity index is 199. The van der Waals surface area contributed by atoms with Crippen LogP contribution in [-0.2, 0) is 0 Å². The van der Waals surface area contributed by atoms with Gasteiger partial charge in [0, 0.05) is 0 Å². The van der Waals surface area contributed by atoms with Gasteiger partial charge in [0.25, 0.3) is 0 Å². The third-order valence-electron chi connectivity index (χ3n) is 2.31. The molecule has 76 valence electrons. The lowest BCUT2D eigenvalue weighted by Crippen LogP contribution is -2.11. The molecule has 0 aromatic rings. The third kappa shape index (κ3) is 3.80. The Labute approximate surface area is 83.7 Å². The highest BCUT2D eigenvalue weighted by Gasteiger charge is 2.18. The van der Waals surface area contributed by atoms with E-state index in [0.29, 0.717) is 0 Å². The summed E-state index contributed by atoms with van der Waals surface area (Å²) >= 11 is 0. The molecule has 0 atom stereocenters. The van der Waals surface area contributed by atoms with Crippen LogP contribution < -0.4 is 0 Å². The summed E-state index contributed by atoms with van der Waals surface area (Å²) in [6.45, 7) is 13.4. The van der Waals surface area contributed by atoms with Crippen molar-refractivity contribution in [3.8, 4) is 0 Å². The molecule has 0 amide bonds. The van der Waals surface area contributed by atoms with Crippen molar-refractivity contribution in [1.82, 2.24) is 0 Å². The largest absolute Gasteiger partial charge is 0.0842 e.